The molecule has 0 aliphatic heterocycles. The van der Waals surface area contributed by atoms with Crippen LogP contribution in [0.5, 0.6) is 0 Å². The molecule has 1 aromatic rings. The van der Waals surface area contributed by atoms with Gasteiger partial charge in [0.1, 0.15) is 0 Å². The molecule has 0 fully saturated rings. The van der Waals surface area contributed by atoms with Crippen LogP contribution in [0.15, 0.2) is 29.2 Å². The highest BCUT2D eigenvalue weighted by Crippen LogP contribution is 2.15. The van der Waals surface area contributed by atoms with Crippen molar-refractivity contribution in [2.45, 2.75) is 44.2 Å². The molecule has 20 heavy (non-hydrogen) atoms. The molecule has 1 rings (SSSR count). The van der Waals surface area contributed by atoms with Crippen LogP contribution in [-0.4, -0.2) is 36.2 Å². The van der Waals surface area contributed by atoms with E-state index in [1.165, 1.54) is 10.5 Å². The summed E-state index contributed by atoms with van der Waals surface area (Å²) in [6.07, 6.45) is 2.60. The summed E-state index contributed by atoms with van der Waals surface area (Å²) in [4.78, 5) is 15.1. The Morgan fingerprint density at radius 2 is 1.85 bits per heavy atom. The van der Waals surface area contributed by atoms with Gasteiger partial charge in [0.2, 0.25) is 5.91 Å². The molecule has 0 saturated carbocycles. The van der Waals surface area contributed by atoms with E-state index in [2.05, 4.69) is 56.6 Å². The van der Waals surface area contributed by atoms with E-state index in [4.69, 9.17) is 0 Å². The van der Waals surface area contributed by atoms with Crippen LogP contribution in [0, 0.1) is 0 Å². The Balaban J connectivity index is 2.40. The van der Waals surface area contributed by atoms with Gasteiger partial charge in [0.25, 0.3) is 0 Å². The third kappa shape index (κ3) is 6.44. The van der Waals surface area contributed by atoms with E-state index in [-0.39, 0.29) is 11.4 Å². The molecule has 1 amide bonds. The first-order valence-corrected chi connectivity index (χ1v) is 8.16. The first kappa shape index (κ1) is 17.1. The van der Waals surface area contributed by atoms with Crippen molar-refractivity contribution in [3.63, 3.8) is 0 Å². The highest BCUT2D eigenvalue weighted by Gasteiger charge is 2.12. The summed E-state index contributed by atoms with van der Waals surface area (Å²) in [5.41, 5.74) is 1.23. The van der Waals surface area contributed by atoms with Crippen molar-refractivity contribution in [3.05, 3.63) is 29.8 Å². The summed E-state index contributed by atoms with van der Waals surface area (Å²) in [6.45, 7) is 7.71. The van der Waals surface area contributed by atoms with Gasteiger partial charge >= 0.3 is 0 Å². The van der Waals surface area contributed by atoms with E-state index in [9.17, 15) is 4.79 Å². The number of amides is 1. The van der Waals surface area contributed by atoms with E-state index in [0.717, 1.165) is 6.54 Å². The van der Waals surface area contributed by atoms with Crippen molar-refractivity contribution in [1.29, 1.82) is 0 Å². The highest BCUT2D eigenvalue weighted by molar-refractivity contribution is 7.98. The first-order chi connectivity index (χ1) is 9.31. The van der Waals surface area contributed by atoms with Gasteiger partial charge in [-0.3, -0.25) is 4.79 Å². The molecular formula is C16H26N2OS. The Morgan fingerprint density at radius 1 is 1.25 bits per heavy atom. The maximum Gasteiger partial charge on any atom is 0.223 e. The second-order valence-corrected chi connectivity index (χ2v) is 6.90. The number of benzene rings is 1. The number of carbonyl (C=O) groups excluding carboxylic acids is 1. The zero-order chi connectivity index (χ0) is 15.2. The molecule has 1 N–H and O–H groups in total. The maximum atomic E-state index is 12.0. The van der Waals surface area contributed by atoms with Crippen LogP contribution in [0.25, 0.3) is 0 Å². The van der Waals surface area contributed by atoms with Gasteiger partial charge < -0.3 is 10.2 Å². The number of nitrogens with zero attached hydrogens (tertiary/aromatic N) is 1. The normalized spacial score (nSPS) is 11.4. The van der Waals surface area contributed by atoms with E-state index >= 15 is 0 Å². The maximum absolute atomic E-state index is 12.0. The van der Waals surface area contributed by atoms with Gasteiger partial charge in [-0.15, -0.1) is 11.8 Å². The largest absolute Gasteiger partial charge is 0.341 e. The van der Waals surface area contributed by atoms with Gasteiger partial charge in [-0.05, 0) is 44.7 Å². The predicted octanol–water partition coefficient (Wildman–Crippen LogP) is 3.15. The zero-order valence-corrected chi connectivity index (χ0v) is 14.0. The van der Waals surface area contributed by atoms with Gasteiger partial charge in [0.15, 0.2) is 0 Å². The highest BCUT2D eigenvalue weighted by atomic mass is 32.2. The van der Waals surface area contributed by atoms with Crippen molar-refractivity contribution in [2.24, 2.45) is 0 Å². The quantitative estimate of drug-likeness (QED) is 0.818. The molecule has 0 radical (unpaired) electrons. The van der Waals surface area contributed by atoms with Gasteiger partial charge in [-0.1, -0.05) is 12.1 Å². The van der Waals surface area contributed by atoms with Gasteiger partial charge in [-0.2, -0.15) is 0 Å². The topological polar surface area (TPSA) is 32.3 Å². The second-order valence-electron chi connectivity index (χ2n) is 6.02. The minimum Gasteiger partial charge on any atom is -0.341 e. The lowest BCUT2D eigenvalue weighted by Gasteiger charge is -2.22. The van der Waals surface area contributed by atoms with Crippen molar-refractivity contribution in [2.75, 3.05) is 19.8 Å². The minimum atomic E-state index is 0.0620. The van der Waals surface area contributed by atoms with Crippen LogP contribution in [0.4, 0.5) is 0 Å². The summed E-state index contributed by atoms with van der Waals surface area (Å²) in [5, 5.41) is 3.34. The van der Waals surface area contributed by atoms with Gasteiger partial charge in [-0.25, -0.2) is 0 Å². The number of rotatable bonds is 6. The number of thioether (sulfide) groups is 1. The molecule has 0 aromatic heterocycles. The van der Waals surface area contributed by atoms with Gasteiger partial charge in [0.05, 0.1) is 0 Å². The third-order valence-electron chi connectivity index (χ3n) is 3.00. The average Bonchev–Trinajstić information content (AvgIpc) is 2.38. The fourth-order valence-electron chi connectivity index (χ4n) is 1.83. The molecular weight excluding hydrogens is 268 g/mol. The number of hydrogen-bond acceptors (Lipinski definition) is 3. The summed E-state index contributed by atoms with van der Waals surface area (Å²) in [6, 6.07) is 8.37. The molecule has 112 valence electrons. The SMILES string of the molecule is CSc1ccc(CN(C)C(=O)CCNC(C)(C)C)cc1. The molecule has 0 saturated heterocycles. The van der Waals surface area contributed by atoms with Crippen LogP contribution < -0.4 is 5.32 Å². The molecule has 0 bridgehead atoms. The molecule has 0 heterocycles. The number of hydrogen-bond donors (Lipinski definition) is 1. The van der Waals surface area contributed by atoms with E-state index in [1.807, 2.05) is 7.05 Å². The van der Waals surface area contributed by atoms with Gasteiger partial charge in [0, 0.05) is 37.0 Å². The average molecular weight is 294 g/mol. The van der Waals surface area contributed by atoms with Crippen molar-refractivity contribution < 1.29 is 4.79 Å². The molecule has 0 aliphatic rings. The monoisotopic (exact) mass is 294 g/mol. The zero-order valence-electron chi connectivity index (χ0n) is 13.2. The minimum absolute atomic E-state index is 0.0620. The molecule has 1 aromatic carbocycles. The van der Waals surface area contributed by atoms with Crippen molar-refractivity contribution in [3.8, 4) is 0 Å². The Morgan fingerprint density at radius 3 is 2.35 bits per heavy atom. The fraction of sp³-hybridized carbons (Fsp3) is 0.562. The smallest absolute Gasteiger partial charge is 0.223 e. The molecule has 4 heteroatoms. The lowest BCUT2D eigenvalue weighted by molar-refractivity contribution is -0.130. The fourth-order valence-corrected chi connectivity index (χ4v) is 2.24. The second kappa shape index (κ2) is 7.70. The molecule has 0 spiro atoms. The summed E-state index contributed by atoms with van der Waals surface area (Å²) < 4.78 is 0. The Hall–Kier alpha value is -1.00. The number of nitrogens with one attached hydrogen (secondary N) is 1. The van der Waals surface area contributed by atoms with Crippen molar-refractivity contribution in [1.82, 2.24) is 10.2 Å². The lowest BCUT2D eigenvalue weighted by atomic mass is 10.1. The van der Waals surface area contributed by atoms with Crippen LogP contribution in [-0.2, 0) is 11.3 Å². The van der Waals surface area contributed by atoms with E-state index < -0.39 is 0 Å². The standard InChI is InChI=1S/C16H26N2OS/c1-16(2,3)17-11-10-15(19)18(4)12-13-6-8-14(20-5)9-7-13/h6-9,17H,10-12H2,1-5H3. The number of carbonyl (C=O) groups is 1. The van der Waals surface area contributed by atoms with E-state index in [1.54, 1.807) is 16.7 Å². The Labute approximate surface area is 127 Å². The summed E-state index contributed by atoms with van der Waals surface area (Å²) >= 11 is 1.73. The molecule has 0 atom stereocenters. The third-order valence-corrected chi connectivity index (χ3v) is 3.74. The van der Waals surface area contributed by atoms with E-state index in [0.29, 0.717) is 13.0 Å². The summed E-state index contributed by atoms with van der Waals surface area (Å²) in [5.74, 6) is 0.177. The summed E-state index contributed by atoms with van der Waals surface area (Å²) in [7, 11) is 1.86. The van der Waals surface area contributed by atoms with Crippen LogP contribution in [0.1, 0.15) is 32.8 Å². The Bertz CT molecular complexity index is 423. The molecule has 0 aliphatic carbocycles. The first-order valence-electron chi connectivity index (χ1n) is 6.94. The van der Waals surface area contributed by atoms with Crippen molar-refractivity contribution >= 4 is 17.7 Å². The molecule has 0 unspecified atom stereocenters. The predicted molar refractivity (Wildman–Crippen MR) is 87.1 cm³/mol. The molecule has 3 nitrogen and oxygen atoms in total. The Kier molecular flexibility index (Phi) is 6.56. The lowest BCUT2D eigenvalue weighted by Crippen LogP contribution is -2.38. The van der Waals surface area contributed by atoms with Crippen LogP contribution in [0.3, 0.4) is 0 Å². The van der Waals surface area contributed by atoms with Crippen LogP contribution in [0.2, 0.25) is 0 Å². The van der Waals surface area contributed by atoms with Crippen LogP contribution >= 0.6 is 11.8 Å².